The monoisotopic (exact) mass is 674 g/mol. The Kier molecular flexibility index (Phi) is 5.68. The van der Waals surface area contributed by atoms with E-state index in [1.807, 2.05) is 11.3 Å². The third kappa shape index (κ3) is 3.61. The van der Waals surface area contributed by atoms with Crippen molar-refractivity contribution in [3.63, 3.8) is 0 Å². The zero-order valence-electron chi connectivity index (χ0n) is 28.2. The standard InChI is InChI=1S/C51H30S/c1-2-13-34-31(12-1)28-44(37-15-4-3-14-36(34)37)33-25-27-41-40-26-24-32(35-19-11-20-43-42-18-7-10-23-49(42)52-50(35)43)29-47(40)51(48(41)30-33)45-21-8-5-16-38(45)39-17-6-9-22-46(39)51/h1-30H. The second-order valence-electron chi connectivity index (χ2n) is 14.3. The maximum atomic E-state index is 2.53. The molecule has 0 fully saturated rings. The van der Waals surface area contributed by atoms with Gasteiger partial charge in [0.2, 0.25) is 0 Å². The van der Waals surface area contributed by atoms with Crippen LogP contribution in [0, 0.1) is 0 Å². The molecule has 0 amide bonds. The Hall–Kier alpha value is -6.28. The summed E-state index contributed by atoms with van der Waals surface area (Å²) in [5.74, 6) is 0. The van der Waals surface area contributed by atoms with E-state index >= 15 is 0 Å². The highest BCUT2D eigenvalue weighted by atomic mass is 32.1. The van der Waals surface area contributed by atoms with E-state index in [2.05, 4.69) is 182 Å². The van der Waals surface area contributed by atoms with E-state index in [-0.39, 0.29) is 0 Å². The Balaban J connectivity index is 1.16. The van der Waals surface area contributed by atoms with Gasteiger partial charge in [-0.1, -0.05) is 158 Å². The van der Waals surface area contributed by atoms with Crippen LogP contribution in [0.15, 0.2) is 182 Å². The van der Waals surface area contributed by atoms with E-state index in [0.717, 1.165) is 0 Å². The first-order valence-corrected chi connectivity index (χ1v) is 18.9. The molecule has 1 spiro atoms. The predicted molar refractivity (Wildman–Crippen MR) is 222 cm³/mol. The van der Waals surface area contributed by atoms with Gasteiger partial charge >= 0.3 is 0 Å². The second kappa shape index (κ2) is 10.4. The van der Waals surface area contributed by atoms with Crippen LogP contribution >= 0.6 is 11.3 Å². The van der Waals surface area contributed by atoms with Crippen molar-refractivity contribution in [3.05, 3.63) is 204 Å². The van der Waals surface area contributed by atoms with Gasteiger partial charge in [-0.15, -0.1) is 11.3 Å². The average Bonchev–Trinajstić information content (AvgIpc) is 3.84. The molecule has 2 aliphatic rings. The third-order valence-electron chi connectivity index (χ3n) is 11.9. The zero-order chi connectivity index (χ0) is 34.0. The van der Waals surface area contributed by atoms with Crippen molar-refractivity contribution >= 4 is 53.1 Å². The van der Waals surface area contributed by atoms with Crippen LogP contribution in [0.5, 0.6) is 0 Å². The topological polar surface area (TPSA) is 0 Å². The lowest BCUT2D eigenvalue weighted by atomic mass is 9.70. The van der Waals surface area contributed by atoms with Gasteiger partial charge in [0.25, 0.3) is 0 Å². The van der Waals surface area contributed by atoms with Crippen LogP contribution in [-0.4, -0.2) is 0 Å². The van der Waals surface area contributed by atoms with Gasteiger partial charge in [-0.05, 0) is 113 Å². The van der Waals surface area contributed by atoms with E-state index in [4.69, 9.17) is 0 Å². The molecule has 2 aliphatic carbocycles. The molecular weight excluding hydrogens is 645 g/mol. The smallest absolute Gasteiger partial charge is 0.0725 e. The van der Waals surface area contributed by atoms with Crippen LogP contribution in [-0.2, 0) is 5.41 Å². The molecule has 52 heavy (non-hydrogen) atoms. The van der Waals surface area contributed by atoms with Crippen molar-refractivity contribution in [1.82, 2.24) is 0 Å². The van der Waals surface area contributed by atoms with Crippen LogP contribution in [0.4, 0.5) is 0 Å². The van der Waals surface area contributed by atoms with Crippen LogP contribution in [0.2, 0.25) is 0 Å². The molecule has 0 radical (unpaired) electrons. The molecule has 0 saturated carbocycles. The Morgan fingerprint density at radius 2 is 0.827 bits per heavy atom. The summed E-state index contributed by atoms with van der Waals surface area (Å²) in [5.41, 5.74) is 15.4. The van der Waals surface area contributed by atoms with Gasteiger partial charge in [0.15, 0.2) is 0 Å². The molecule has 0 bridgehead atoms. The summed E-state index contributed by atoms with van der Waals surface area (Å²) >= 11 is 1.91. The molecule has 10 aromatic rings. The van der Waals surface area contributed by atoms with Crippen LogP contribution in [0.25, 0.3) is 86.2 Å². The predicted octanol–water partition coefficient (Wildman–Crippen LogP) is 14.0. The fourth-order valence-corrected chi connectivity index (χ4v) is 11.0. The lowest BCUT2D eigenvalue weighted by Gasteiger charge is -2.31. The zero-order valence-corrected chi connectivity index (χ0v) is 29.0. The van der Waals surface area contributed by atoms with E-state index in [1.54, 1.807) is 0 Å². The normalized spacial score (nSPS) is 13.5. The SMILES string of the molecule is c1ccc2c(c1)-c1ccccc1C21c2cc(-c3cc4ccccc4c4ccccc34)ccc2-c2ccc(-c3cccc4c3sc3ccccc34)cc21. The van der Waals surface area contributed by atoms with E-state index in [0.29, 0.717) is 0 Å². The molecule has 1 heterocycles. The molecule has 0 N–H and O–H groups in total. The van der Waals surface area contributed by atoms with Gasteiger partial charge < -0.3 is 0 Å². The second-order valence-corrected chi connectivity index (χ2v) is 15.4. The van der Waals surface area contributed by atoms with Crippen molar-refractivity contribution < 1.29 is 0 Å². The number of hydrogen-bond acceptors (Lipinski definition) is 1. The van der Waals surface area contributed by atoms with Gasteiger partial charge in [-0.3, -0.25) is 0 Å². The third-order valence-corrected chi connectivity index (χ3v) is 13.1. The highest BCUT2D eigenvalue weighted by Crippen LogP contribution is 2.63. The first-order valence-electron chi connectivity index (χ1n) is 18.1. The molecular formula is C51H30S. The van der Waals surface area contributed by atoms with Crippen LogP contribution in [0.1, 0.15) is 22.3 Å². The van der Waals surface area contributed by atoms with Gasteiger partial charge in [0.1, 0.15) is 0 Å². The number of fused-ring (bicyclic) bond motifs is 16. The van der Waals surface area contributed by atoms with Crippen molar-refractivity contribution in [2.45, 2.75) is 5.41 Å². The van der Waals surface area contributed by atoms with Gasteiger partial charge in [0.05, 0.1) is 5.41 Å². The van der Waals surface area contributed by atoms with Crippen LogP contribution in [0.3, 0.4) is 0 Å². The number of thiophene rings is 1. The fraction of sp³-hybridized carbons (Fsp3) is 0.0196. The number of rotatable bonds is 2. The number of hydrogen-bond donors (Lipinski definition) is 0. The average molecular weight is 675 g/mol. The minimum atomic E-state index is -0.440. The number of benzene rings is 9. The highest BCUT2D eigenvalue weighted by Gasteiger charge is 2.51. The van der Waals surface area contributed by atoms with Crippen molar-refractivity contribution in [2.75, 3.05) is 0 Å². The van der Waals surface area contributed by atoms with Crippen molar-refractivity contribution in [1.29, 1.82) is 0 Å². The quantitative estimate of drug-likeness (QED) is 0.160. The van der Waals surface area contributed by atoms with Crippen molar-refractivity contribution in [2.24, 2.45) is 0 Å². The van der Waals surface area contributed by atoms with E-state index in [9.17, 15) is 0 Å². The Labute approximate surface area is 305 Å². The minimum absolute atomic E-state index is 0.440. The van der Waals surface area contributed by atoms with E-state index < -0.39 is 5.41 Å². The Morgan fingerprint density at radius 3 is 1.56 bits per heavy atom. The molecule has 1 heteroatoms. The van der Waals surface area contributed by atoms with E-state index in [1.165, 1.54) is 108 Å². The summed E-state index contributed by atoms with van der Waals surface area (Å²) in [6.07, 6.45) is 0. The molecule has 0 aliphatic heterocycles. The molecule has 0 unspecified atom stereocenters. The molecule has 12 rings (SSSR count). The summed E-state index contributed by atoms with van der Waals surface area (Å²) in [6.45, 7) is 0. The molecule has 9 aromatic carbocycles. The van der Waals surface area contributed by atoms with Gasteiger partial charge in [0, 0.05) is 20.2 Å². The molecule has 240 valence electrons. The molecule has 1 aromatic heterocycles. The largest absolute Gasteiger partial charge is 0.135 e. The lowest BCUT2D eigenvalue weighted by Crippen LogP contribution is -2.26. The summed E-state index contributed by atoms with van der Waals surface area (Å²) in [7, 11) is 0. The summed E-state index contributed by atoms with van der Waals surface area (Å²) in [6, 6.07) is 68.6. The molecule has 0 nitrogen and oxygen atoms in total. The maximum absolute atomic E-state index is 2.53. The Bertz CT molecular complexity index is 3090. The lowest BCUT2D eigenvalue weighted by molar-refractivity contribution is 0.794. The van der Waals surface area contributed by atoms with Gasteiger partial charge in [-0.25, -0.2) is 0 Å². The fourth-order valence-electron chi connectivity index (χ4n) is 9.74. The summed E-state index contributed by atoms with van der Waals surface area (Å²) in [4.78, 5) is 0. The minimum Gasteiger partial charge on any atom is -0.135 e. The molecule has 0 atom stereocenters. The summed E-state index contributed by atoms with van der Waals surface area (Å²) < 4.78 is 2.69. The van der Waals surface area contributed by atoms with Crippen molar-refractivity contribution in [3.8, 4) is 44.5 Å². The molecule has 0 saturated heterocycles. The highest BCUT2D eigenvalue weighted by molar-refractivity contribution is 7.26. The van der Waals surface area contributed by atoms with Gasteiger partial charge in [-0.2, -0.15) is 0 Å². The summed E-state index contributed by atoms with van der Waals surface area (Å²) in [5, 5.41) is 7.82. The maximum Gasteiger partial charge on any atom is 0.0725 e. The Morgan fingerprint density at radius 1 is 0.308 bits per heavy atom. The first kappa shape index (κ1) is 28.4. The van der Waals surface area contributed by atoms with Crippen LogP contribution < -0.4 is 0 Å². The first-order chi connectivity index (χ1) is 25.8.